The first-order valence-corrected chi connectivity index (χ1v) is 8.74. The van der Waals surface area contributed by atoms with Gasteiger partial charge in [0.25, 0.3) is 0 Å². The average molecular weight is 344 g/mol. The van der Waals surface area contributed by atoms with E-state index in [0.29, 0.717) is 6.10 Å². The summed E-state index contributed by atoms with van der Waals surface area (Å²) in [6.07, 6.45) is 0.389. The molecule has 0 bridgehead atoms. The topological polar surface area (TPSA) is 9.23 Å². The second kappa shape index (κ2) is 4.70. The van der Waals surface area contributed by atoms with Gasteiger partial charge < -0.3 is 4.52 Å². The maximum atomic E-state index is 5.29. The predicted molar refractivity (Wildman–Crippen MR) is 51.2 cm³/mol. The van der Waals surface area contributed by atoms with Crippen LogP contribution in [0.15, 0.2) is 0 Å². The van der Waals surface area contributed by atoms with Crippen molar-refractivity contribution in [2.75, 3.05) is 0 Å². The summed E-state index contributed by atoms with van der Waals surface area (Å²) in [5.41, 5.74) is 0. The molecular weight excluding hydrogens is 337 g/mol. The van der Waals surface area contributed by atoms with E-state index in [1.807, 2.05) is 13.8 Å². The molecule has 0 saturated heterocycles. The van der Waals surface area contributed by atoms with E-state index in [1.54, 1.807) is 0 Å². The molecule has 0 aliphatic rings. The molecule has 0 spiro atoms. The Hall–Kier alpha value is 1.85. The minimum Gasteiger partial charge on any atom is -0.337 e. The highest BCUT2D eigenvalue weighted by Gasteiger charge is 1.98. The fourth-order valence-electron chi connectivity index (χ4n) is 0.159. The molecule has 44 valence electrons. The third kappa shape index (κ3) is 7.85. The van der Waals surface area contributed by atoms with Gasteiger partial charge >= 0.3 is 0 Å². The Morgan fingerprint density at radius 3 is 1.86 bits per heavy atom. The molecule has 0 rings (SSSR count). The molecule has 0 aliphatic heterocycles. The molecule has 0 aromatic heterocycles. The zero-order chi connectivity index (χ0) is 5.86. The monoisotopic (exact) mass is 344 g/mol. The molecule has 0 atom stereocenters. The summed E-state index contributed by atoms with van der Waals surface area (Å²) < 4.78 is 5.09. The lowest BCUT2D eigenvalue weighted by Gasteiger charge is -2.05. The summed E-state index contributed by atoms with van der Waals surface area (Å²) in [6, 6.07) is 0. The predicted octanol–water partition coefficient (Wildman–Crippen LogP) is 3.51. The SMILES string of the molecule is CC(C)OP(I)I. The van der Waals surface area contributed by atoms with Crippen LogP contribution in [0.1, 0.15) is 13.8 Å². The van der Waals surface area contributed by atoms with Crippen LogP contribution in [0.3, 0.4) is 0 Å². The molecule has 0 heterocycles. The highest BCUT2D eigenvalue weighted by molar-refractivity contribution is 14.3. The van der Waals surface area contributed by atoms with Crippen LogP contribution in [0.2, 0.25) is 0 Å². The first-order chi connectivity index (χ1) is 3.13. The van der Waals surface area contributed by atoms with E-state index >= 15 is 0 Å². The largest absolute Gasteiger partial charge is 0.337 e. The van der Waals surface area contributed by atoms with Crippen LogP contribution in [0.4, 0.5) is 0 Å². The summed E-state index contributed by atoms with van der Waals surface area (Å²) in [4.78, 5) is 0. The minimum absolute atomic E-state index is 0.200. The maximum Gasteiger partial charge on any atom is 0.159 e. The molecule has 0 saturated carbocycles. The van der Waals surface area contributed by atoms with Crippen molar-refractivity contribution in [2.45, 2.75) is 20.0 Å². The molecule has 4 heteroatoms. The van der Waals surface area contributed by atoms with Gasteiger partial charge in [-0.25, -0.2) is 0 Å². The van der Waals surface area contributed by atoms with E-state index in [-0.39, 0.29) is 3.43 Å². The van der Waals surface area contributed by atoms with Crippen LogP contribution in [-0.2, 0) is 4.52 Å². The van der Waals surface area contributed by atoms with Crippen LogP contribution in [-0.4, -0.2) is 6.10 Å². The number of hydrogen-bond acceptors (Lipinski definition) is 1. The highest BCUT2D eigenvalue weighted by Crippen LogP contribution is 2.55. The molecular formula is C3H7I2OP. The van der Waals surface area contributed by atoms with Crippen LogP contribution < -0.4 is 0 Å². The summed E-state index contributed by atoms with van der Waals surface area (Å²) in [7, 11) is 0. The van der Waals surface area contributed by atoms with Crippen molar-refractivity contribution in [3.05, 3.63) is 0 Å². The lowest BCUT2D eigenvalue weighted by molar-refractivity contribution is 0.285. The fourth-order valence-corrected chi connectivity index (χ4v) is 3.21. The van der Waals surface area contributed by atoms with Gasteiger partial charge in [-0.2, -0.15) is 0 Å². The van der Waals surface area contributed by atoms with Crippen molar-refractivity contribution in [3.63, 3.8) is 0 Å². The van der Waals surface area contributed by atoms with Gasteiger partial charge in [-0.15, -0.1) is 0 Å². The van der Waals surface area contributed by atoms with Crippen LogP contribution in [0.5, 0.6) is 0 Å². The van der Waals surface area contributed by atoms with Gasteiger partial charge in [0.2, 0.25) is 0 Å². The molecule has 0 aromatic rings. The Balaban J connectivity index is 2.95. The second-order valence-electron chi connectivity index (χ2n) is 1.36. The van der Waals surface area contributed by atoms with Gasteiger partial charge in [-0.05, 0) is 57.9 Å². The summed E-state index contributed by atoms with van der Waals surface area (Å²) in [5.74, 6) is 0. The van der Waals surface area contributed by atoms with E-state index in [0.717, 1.165) is 0 Å². The third-order valence-corrected chi connectivity index (χ3v) is 2.24. The van der Waals surface area contributed by atoms with Crippen molar-refractivity contribution < 1.29 is 4.52 Å². The Morgan fingerprint density at radius 1 is 1.43 bits per heavy atom. The first-order valence-electron chi connectivity index (χ1n) is 1.91. The third-order valence-electron chi connectivity index (χ3n) is 0.291. The van der Waals surface area contributed by atoms with Gasteiger partial charge in [0.1, 0.15) is 0 Å². The molecule has 0 aromatic carbocycles. The molecule has 1 nitrogen and oxygen atoms in total. The lowest BCUT2D eigenvalue weighted by Crippen LogP contribution is -1.91. The maximum absolute atomic E-state index is 5.29. The number of halogens is 2. The quantitative estimate of drug-likeness (QED) is 0.550. The first kappa shape index (κ1) is 8.85. The van der Waals surface area contributed by atoms with Crippen molar-refractivity contribution in [1.82, 2.24) is 0 Å². The van der Waals surface area contributed by atoms with E-state index in [4.69, 9.17) is 4.52 Å². The number of rotatable bonds is 2. The van der Waals surface area contributed by atoms with Crippen molar-refractivity contribution >= 4 is 47.5 Å². The summed E-state index contributed by atoms with van der Waals surface area (Å²) in [5, 5.41) is 0. The Morgan fingerprint density at radius 2 is 1.86 bits per heavy atom. The molecule has 0 N–H and O–H groups in total. The Kier molecular flexibility index (Phi) is 5.95. The smallest absolute Gasteiger partial charge is 0.159 e. The van der Waals surface area contributed by atoms with Gasteiger partial charge in [-0.1, -0.05) is 0 Å². The van der Waals surface area contributed by atoms with E-state index in [9.17, 15) is 0 Å². The van der Waals surface area contributed by atoms with Gasteiger partial charge in [0.05, 0.1) is 6.10 Å². The summed E-state index contributed by atoms with van der Waals surface area (Å²) in [6.45, 7) is 4.10. The second-order valence-corrected chi connectivity index (χ2v) is 12.8. The minimum atomic E-state index is -0.200. The fraction of sp³-hybridized carbons (Fsp3) is 1.00. The molecule has 0 amide bonds. The van der Waals surface area contributed by atoms with Crippen molar-refractivity contribution in [2.24, 2.45) is 0 Å². The van der Waals surface area contributed by atoms with E-state index in [1.165, 1.54) is 0 Å². The van der Waals surface area contributed by atoms with Crippen LogP contribution >= 0.6 is 47.5 Å². The molecule has 0 fully saturated rings. The van der Waals surface area contributed by atoms with Gasteiger partial charge in [-0.3, -0.25) is 0 Å². The summed E-state index contributed by atoms with van der Waals surface area (Å²) >= 11 is 4.57. The molecule has 0 unspecified atom stereocenters. The van der Waals surface area contributed by atoms with Crippen LogP contribution in [0, 0.1) is 0 Å². The van der Waals surface area contributed by atoms with Crippen molar-refractivity contribution in [1.29, 1.82) is 0 Å². The molecule has 0 radical (unpaired) electrons. The standard InChI is InChI=1S/C3H7I2OP/c1-3(2)6-7(4)5/h3H,1-2H3. The van der Waals surface area contributed by atoms with Crippen molar-refractivity contribution in [3.8, 4) is 0 Å². The van der Waals surface area contributed by atoms with Crippen LogP contribution in [0.25, 0.3) is 0 Å². The zero-order valence-electron chi connectivity index (χ0n) is 4.19. The molecule has 7 heavy (non-hydrogen) atoms. The van der Waals surface area contributed by atoms with Gasteiger partial charge in [0, 0.05) is 0 Å². The highest BCUT2D eigenvalue weighted by atomic mass is 127. The zero-order valence-corrected chi connectivity index (χ0v) is 9.40. The van der Waals surface area contributed by atoms with E-state index in [2.05, 4.69) is 44.1 Å². The normalized spacial score (nSPS) is 11.1. The molecule has 0 aliphatic carbocycles. The Labute approximate surface area is 71.4 Å². The Bertz CT molecular complexity index is 42.2. The van der Waals surface area contributed by atoms with E-state index < -0.39 is 0 Å². The number of hydrogen-bond donors (Lipinski definition) is 0. The van der Waals surface area contributed by atoms with Gasteiger partial charge in [0.15, 0.2) is 3.43 Å². The lowest BCUT2D eigenvalue weighted by atomic mass is 10.5. The average Bonchev–Trinajstić information content (AvgIpc) is 1.27.